The molecule has 1 heterocycles. The van der Waals surface area contributed by atoms with E-state index in [9.17, 15) is 9.59 Å². The summed E-state index contributed by atoms with van der Waals surface area (Å²) in [4.78, 5) is 26.0. The number of ether oxygens (including phenoxy) is 1. The van der Waals surface area contributed by atoms with Crippen LogP contribution in [-0.2, 0) is 16.0 Å². The molecule has 0 unspecified atom stereocenters. The first-order valence-electron chi connectivity index (χ1n) is 7.14. The summed E-state index contributed by atoms with van der Waals surface area (Å²) in [7, 11) is 0. The van der Waals surface area contributed by atoms with Gasteiger partial charge in [-0.15, -0.1) is 6.42 Å². The van der Waals surface area contributed by atoms with Gasteiger partial charge < -0.3 is 10.1 Å². The Balaban J connectivity index is 2.20. The number of amides is 2. The molecule has 5 heteroatoms. The van der Waals surface area contributed by atoms with Gasteiger partial charge in [-0.3, -0.25) is 9.69 Å². The predicted molar refractivity (Wildman–Crippen MR) is 84.5 cm³/mol. The van der Waals surface area contributed by atoms with Crippen LogP contribution in [0.4, 0.5) is 10.5 Å². The van der Waals surface area contributed by atoms with Crippen molar-refractivity contribution in [1.29, 1.82) is 0 Å². The molecule has 0 aliphatic carbocycles. The molecule has 2 rings (SSSR count). The molecule has 5 nitrogen and oxygen atoms in total. The monoisotopic (exact) mass is 300 g/mol. The molecule has 0 bridgehead atoms. The molecule has 1 aromatic rings. The fourth-order valence-electron chi connectivity index (χ4n) is 2.38. The zero-order valence-electron chi connectivity index (χ0n) is 13.1. The summed E-state index contributed by atoms with van der Waals surface area (Å²) < 4.78 is 5.21. The SMILES string of the molecule is C#CCN1C(=O)[C@@H](NC(=O)OC(C)(C)C)Cc2ccccc21. The first-order valence-corrected chi connectivity index (χ1v) is 7.14. The number of hydrogen-bond acceptors (Lipinski definition) is 3. The van der Waals surface area contributed by atoms with Gasteiger partial charge in [0.2, 0.25) is 0 Å². The number of benzene rings is 1. The second-order valence-electron chi connectivity index (χ2n) is 6.16. The van der Waals surface area contributed by atoms with Gasteiger partial charge in [0.25, 0.3) is 5.91 Å². The van der Waals surface area contributed by atoms with Gasteiger partial charge in [-0.2, -0.15) is 0 Å². The van der Waals surface area contributed by atoms with Crippen molar-refractivity contribution < 1.29 is 14.3 Å². The number of hydrogen-bond donors (Lipinski definition) is 1. The molecule has 1 atom stereocenters. The van der Waals surface area contributed by atoms with E-state index in [1.807, 2.05) is 24.3 Å². The molecule has 1 aromatic carbocycles. The van der Waals surface area contributed by atoms with E-state index in [0.717, 1.165) is 11.3 Å². The van der Waals surface area contributed by atoms with Crippen LogP contribution in [0.2, 0.25) is 0 Å². The minimum Gasteiger partial charge on any atom is -0.444 e. The van der Waals surface area contributed by atoms with Gasteiger partial charge in [0.15, 0.2) is 0 Å². The molecule has 22 heavy (non-hydrogen) atoms. The van der Waals surface area contributed by atoms with Gasteiger partial charge in [0.05, 0.1) is 6.54 Å². The predicted octanol–water partition coefficient (Wildman–Crippen LogP) is 2.10. The lowest BCUT2D eigenvalue weighted by Gasteiger charge is -2.33. The maximum atomic E-state index is 12.5. The Bertz CT molecular complexity index is 626. The molecule has 0 saturated carbocycles. The summed E-state index contributed by atoms with van der Waals surface area (Å²) in [6.45, 7) is 5.49. The lowest BCUT2D eigenvalue weighted by atomic mass is 9.97. The number of nitrogens with one attached hydrogen (secondary N) is 1. The molecule has 1 aliphatic heterocycles. The number of carbonyl (C=O) groups excluding carboxylic acids is 2. The summed E-state index contributed by atoms with van der Waals surface area (Å²) in [6.07, 6.45) is 5.17. The van der Waals surface area contributed by atoms with Crippen molar-refractivity contribution in [2.24, 2.45) is 0 Å². The smallest absolute Gasteiger partial charge is 0.408 e. The van der Waals surface area contributed by atoms with Gasteiger partial charge in [-0.1, -0.05) is 24.1 Å². The Morgan fingerprint density at radius 1 is 1.45 bits per heavy atom. The van der Waals surface area contributed by atoms with Gasteiger partial charge >= 0.3 is 6.09 Å². The molecule has 0 fully saturated rings. The first-order chi connectivity index (χ1) is 10.3. The summed E-state index contributed by atoms with van der Waals surface area (Å²) >= 11 is 0. The van der Waals surface area contributed by atoms with Gasteiger partial charge in [-0.05, 0) is 32.4 Å². The highest BCUT2D eigenvalue weighted by Crippen LogP contribution is 2.27. The van der Waals surface area contributed by atoms with Gasteiger partial charge in [0, 0.05) is 12.1 Å². The standard InChI is InChI=1S/C17H20N2O3/c1-5-10-19-14-9-7-6-8-12(14)11-13(15(19)20)18-16(21)22-17(2,3)4/h1,6-9,13H,10-11H2,2-4H3,(H,18,21)/t13-/m0/s1. The van der Waals surface area contributed by atoms with Crippen LogP contribution >= 0.6 is 0 Å². The number of para-hydroxylation sites is 1. The third kappa shape index (κ3) is 3.59. The molecule has 1 N–H and O–H groups in total. The van der Waals surface area contributed by atoms with Crippen molar-refractivity contribution in [1.82, 2.24) is 5.32 Å². The van der Waals surface area contributed by atoms with Crippen LogP contribution in [0, 0.1) is 12.3 Å². The highest BCUT2D eigenvalue weighted by molar-refractivity contribution is 6.01. The number of fused-ring (bicyclic) bond motifs is 1. The van der Waals surface area contributed by atoms with Crippen molar-refractivity contribution in [3.63, 3.8) is 0 Å². The summed E-state index contributed by atoms with van der Waals surface area (Å²) in [5, 5.41) is 2.63. The molecule has 116 valence electrons. The van der Waals surface area contributed by atoms with Crippen LogP contribution in [0.25, 0.3) is 0 Å². The molecule has 2 amide bonds. The molecule has 1 aliphatic rings. The van der Waals surface area contributed by atoms with E-state index in [4.69, 9.17) is 11.2 Å². The number of carbonyl (C=O) groups is 2. The molecule has 0 saturated heterocycles. The van der Waals surface area contributed by atoms with E-state index >= 15 is 0 Å². The number of alkyl carbamates (subject to hydrolysis) is 1. The third-order valence-electron chi connectivity index (χ3n) is 3.21. The zero-order valence-corrected chi connectivity index (χ0v) is 13.1. The highest BCUT2D eigenvalue weighted by atomic mass is 16.6. The molecular weight excluding hydrogens is 280 g/mol. The number of anilines is 1. The second-order valence-corrected chi connectivity index (χ2v) is 6.16. The van der Waals surface area contributed by atoms with Gasteiger partial charge in [0.1, 0.15) is 11.6 Å². The maximum absolute atomic E-state index is 12.5. The fraction of sp³-hybridized carbons (Fsp3) is 0.412. The van der Waals surface area contributed by atoms with Crippen LogP contribution in [-0.4, -0.2) is 30.2 Å². The maximum Gasteiger partial charge on any atom is 0.408 e. The minimum atomic E-state index is -0.668. The topological polar surface area (TPSA) is 58.6 Å². The van der Waals surface area contributed by atoms with E-state index in [1.54, 1.807) is 20.8 Å². The van der Waals surface area contributed by atoms with E-state index in [1.165, 1.54) is 4.90 Å². The van der Waals surface area contributed by atoms with E-state index in [0.29, 0.717) is 6.42 Å². The van der Waals surface area contributed by atoms with Crippen LogP contribution in [0.15, 0.2) is 24.3 Å². The lowest BCUT2D eigenvalue weighted by Crippen LogP contribution is -2.53. The zero-order chi connectivity index (χ0) is 16.3. The minimum absolute atomic E-state index is 0.169. The second kappa shape index (κ2) is 6.10. The lowest BCUT2D eigenvalue weighted by molar-refractivity contribution is -0.120. The summed E-state index contributed by atoms with van der Waals surface area (Å²) in [5.74, 6) is 2.26. The van der Waals surface area contributed by atoms with Crippen LogP contribution in [0.3, 0.4) is 0 Å². The highest BCUT2D eigenvalue weighted by Gasteiger charge is 2.34. The Hall–Kier alpha value is -2.48. The van der Waals surface area contributed by atoms with E-state index < -0.39 is 17.7 Å². The van der Waals surface area contributed by atoms with Crippen molar-refractivity contribution in [3.05, 3.63) is 29.8 Å². The van der Waals surface area contributed by atoms with E-state index in [2.05, 4.69) is 11.2 Å². The van der Waals surface area contributed by atoms with Crippen molar-refractivity contribution >= 4 is 17.7 Å². The molecule has 0 aromatic heterocycles. The molecule has 0 radical (unpaired) electrons. The third-order valence-corrected chi connectivity index (χ3v) is 3.21. The molecular formula is C17H20N2O3. The van der Waals surface area contributed by atoms with Crippen molar-refractivity contribution in [3.8, 4) is 12.3 Å². The normalized spacial score (nSPS) is 17.5. The average Bonchev–Trinajstić information content (AvgIpc) is 2.41. The van der Waals surface area contributed by atoms with Crippen LogP contribution in [0.1, 0.15) is 26.3 Å². The Kier molecular flexibility index (Phi) is 4.41. The molecule has 0 spiro atoms. The average molecular weight is 300 g/mol. The first kappa shape index (κ1) is 15.9. The fourth-order valence-corrected chi connectivity index (χ4v) is 2.38. The number of terminal acetylenes is 1. The van der Waals surface area contributed by atoms with E-state index in [-0.39, 0.29) is 12.5 Å². The summed E-state index contributed by atoms with van der Waals surface area (Å²) in [5.41, 5.74) is 1.16. The Morgan fingerprint density at radius 3 is 2.77 bits per heavy atom. The quantitative estimate of drug-likeness (QED) is 0.851. The van der Waals surface area contributed by atoms with Gasteiger partial charge in [-0.25, -0.2) is 4.79 Å². The van der Waals surface area contributed by atoms with Crippen LogP contribution < -0.4 is 10.2 Å². The Labute approximate surface area is 130 Å². The number of nitrogens with zero attached hydrogens (tertiary/aromatic N) is 1. The largest absolute Gasteiger partial charge is 0.444 e. The Morgan fingerprint density at radius 2 is 2.14 bits per heavy atom. The summed E-state index contributed by atoms with van der Waals surface area (Å²) in [6, 6.07) is 6.87. The van der Waals surface area contributed by atoms with Crippen LogP contribution in [0.5, 0.6) is 0 Å². The number of rotatable bonds is 2. The van der Waals surface area contributed by atoms with Crippen molar-refractivity contribution in [2.45, 2.75) is 38.8 Å². The van der Waals surface area contributed by atoms with Crippen molar-refractivity contribution in [2.75, 3.05) is 11.4 Å².